The Bertz CT molecular complexity index is 767. The van der Waals surface area contributed by atoms with Crippen LogP contribution in [0, 0.1) is 0 Å². The van der Waals surface area contributed by atoms with Crippen LogP contribution >= 0.6 is 15.6 Å². The van der Waals surface area contributed by atoms with E-state index in [2.05, 4.69) is 19.3 Å². The Labute approximate surface area is 148 Å². The van der Waals surface area contributed by atoms with Crippen molar-refractivity contribution in [3.63, 3.8) is 0 Å². The third kappa shape index (κ3) is 8.05. The quantitative estimate of drug-likeness (QED) is 0.303. The lowest BCUT2D eigenvalue weighted by atomic mass is 10.2. The zero-order valence-corrected chi connectivity index (χ0v) is 14.9. The van der Waals surface area contributed by atoms with Crippen molar-refractivity contribution in [3.8, 4) is 5.75 Å². The smallest absolute Gasteiger partial charge is 0.473 e. The van der Waals surface area contributed by atoms with Crippen molar-refractivity contribution in [2.75, 3.05) is 5.32 Å². The lowest BCUT2D eigenvalue weighted by molar-refractivity contribution is -0.0128. The molecule has 0 atom stereocenters. The Morgan fingerprint density at radius 3 is 2.08 bits per heavy atom. The molecule has 0 amide bonds. The molecule has 5 N–H and O–H groups in total. The van der Waals surface area contributed by atoms with E-state index in [0.29, 0.717) is 12.4 Å². The Balaban J connectivity index is 1.98. The molecule has 11 nitrogen and oxygen atoms in total. The molecule has 0 aliphatic rings. The van der Waals surface area contributed by atoms with Crippen LogP contribution in [0.4, 0.5) is 5.82 Å². The lowest BCUT2D eigenvalue weighted by Gasteiger charge is -2.20. The molecular formula is C13H16N2O9P2. The van der Waals surface area contributed by atoms with Gasteiger partial charge in [-0.15, -0.1) is 0 Å². The molecule has 0 aliphatic carbocycles. The second kappa shape index (κ2) is 8.72. The summed E-state index contributed by atoms with van der Waals surface area (Å²) in [4.78, 5) is 38.9. The van der Waals surface area contributed by atoms with Crippen LogP contribution in [0.15, 0.2) is 48.7 Å². The van der Waals surface area contributed by atoms with Gasteiger partial charge in [0.15, 0.2) is 0 Å². The van der Waals surface area contributed by atoms with Gasteiger partial charge in [-0.2, -0.15) is 0 Å². The minimum atomic E-state index is -5.08. The maximum atomic E-state index is 10.9. The van der Waals surface area contributed by atoms with E-state index in [4.69, 9.17) is 24.3 Å². The number of benzene rings is 1. The average Bonchev–Trinajstić information content (AvgIpc) is 2.52. The summed E-state index contributed by atoms with van der Waals surface area (Å²) in [5.74, 6) is 0.381. The molecule has 0 saturated heterocycles. The first-order valence-electron chi connectivity index (χ1n) is 6.98. The first-order valence-corrected chi connectivity index (χ1v) is 10.0. The van der Waals surface area contributed by atoms with Crippen LogP contribution in [0.5, 0.6) is 5.75 Å². The topological polar surface area (TPSA) is 168 Å². The van der Waals surface area contributed by atoms with Gasteiger partial charge < -0.3 is 29.6 Å². The molecular weight excluding hydrogens is 390 g/mol. The molecule has 0 fully saturated rings. The number of aromatic nitrogens is 1. The number of phosphoric ester groups is 2. The number of anilines is 1. The van der Waals surface area contributed by atoms with Gasteiger partial charge in [-0.1, -0.05) is 30.3 Å². The fourth-order valence-electron chi connectivity index (χ4n) is 1.73. The number of phosphoric acid groups is 2. The first kappa shape index (κ1) is 20.5. The maximum absolute atomic E-state index is 10.9. The van der Waals surface area contributed by atoms with Crippen LogP contribution in [0.1, 0.15) is 5.56 Å². The number of pyridine rings is 1. The van der Waals surface area contributed by atoms with Gasteiger partial charge in [0.2, 0.25) is 0 Å². The first-order chi connectivity index (χ1) is 12.1. The fraction of sp³-hybridized carbons (Fsp3) is 0.154. The normalized spacial score (nSPS) is 12.2. The molecule has 0 aliphatic heterocycles. The van der Waals surface area contributed by atoms with Crippen LogP contribution < -0.4 is 10.1 Å². The van der Waals surface area contributed by atoms with Gasteiger partial charge in [0.1, 0.15) is 18.2 Å². The molecule has 0 radical (unpaired) electrons. The largest absolute Gasteiger partial charge is 0.487 e. The van der Waals surface area contributed by atoms with Crippen LogP contribution in [0.25, 0.3) is 0 Å². The van der Waals surface area contributed by atoms with E-state index >= 15 is 0 Å². The summed E-state index contributed by atoms with van der Waals surface area (Å²) in [6, 6.07) is 12.2. The van der Waals surface area contributed by atoms with Crippen molar-refractivity contribution in [3.05, 3.63) is 54.2 Å². The minimum absolute atomic E-state index is 0.0241. The van der Waals surface area contributed by atoms with E-state index in [1.165, 1.54) is 18.3 Å². The van der Waals surface area contributed by atoms with Crippen molar-refractivity contribution >= 4 is 21.5 Å². The molecule has 1 aromatic carbocycles. The standard InChI is InChI=1S/C13H16N2O9P2/c16-25(17,18)23-13(24-26(19,20)21)15-12-7-6-11(8-14-12)22-9-10-4-2-1-3-5-10/h1-8,13H,9H2,(H,14,15)(H2,16,17,18)(H2,19,20,21). The summed E-state index contributed by atoms with van der Waals surface area (Å²) in [6.07, 6.45) is -0.822. The monoisotopic (exact) mass is 406 g/mol. The van der Waals surface area contributed by atoms with Gasteiger partial charge in [-0.25, -0.2) is 23.2 Å². The maximum Gasteiger partial charge on any atom is 0.473 e. The van der Waals surface area contributed by atoms with E-state index in [0.717, 1.165) is 5.56 Å². The zero-order valence-electron chi connectivity index (χ0n) is 13.1. The molecule has 0 saturated carbocycles. The van der Waals surface area contributed by atoms with Gasteiger partial charge in [-0.05, 0) is 17.7 Å². The van der Waals surface area contributed by atoms with Gasteiger partial charge >= 0.3 is 15.6 Å². The molecule has 0 spiro atoms. The van der Waals surface area contributed by atoms with E-state index in [1.807, 2.05) is 30.3 Å². The zero-order chi connectivity index (χ0) is 19.2. The summed E-state index contributed by atoms with van der Waals surface area (Å²) in [6.45, 7) is 0.306. The third-order valence-corrected chi connectivity index (χ3v) is 3.65. The van der Waals surface area contributed by atoms with E-state index in [-0.39, 0.29) is 5.82 Å². The number of nitrogens with zero attached hydrogens (tertiary/aromatic N) is 1. The van der Waals surface area contributed by atoms with Gasteiger partial charge in [0.05, 0.1) is 6.20 Å². The number of hydrogen-bond donors (Lipinski definition) is 5. The van der Waals surface area contributed by atoms with E-state index < -0.39 is 22.1 Å². The second-order valence-electron chi connectivity index (χ2n) is 4.82. The minimum Gasteiger partial charge on any atom is -0.487 e. The summed E-state index contributed by atoms with van der Waals surface area (Å²) in [7, 11) is -10.2. The molecule has 0 bridgehead atoms. The highest BCUT2D eigenvalue weighted by molar-refractivity contribution is 7.47. The number of hydrogen-bond acceptors (Lipinski definition) is 7. The van der Waals surface area contributed by atoms with Crippen LogP contribution in [0.2, 0.25) is 0 Å². The van der Waals surface area contributed by atoms with Crippen molar-refractivity contribution < 1.29 is 42.5 Å². The SMILES string of the molecule is O=P(O)(O)OC(Nc1ccc(OCc2ccccc2)cn1)OP(=O)(O)O. The molecule has 13 heteroatoms. The van der Waals surface area contributed by atoms with Crippen molar-refractivity contribution in [2.45, 2.75) is 13.0 Å². The Kier molecular flexibility index (Phi) is 6.87. The average molecular weight is 406 g/mol. The van der Waals surface area contributed by atoms with Crippen molar-refractivity contribution in [1.29, 1.82) is 0 Å². The predicted molar refractivity (Wildman–Crippen MR) is 88.7 cm³/mol. The fourth-order valence-corrected chi connectivity index (χ4v) is 2.49. The number of nitrogens with one attached hydrogen (secondary N) is 1. The molecule has 26 heavy (non-hydrogen) atoms. The van der Waals surface area contributed by atoms with E-state index in [9.17, 15) is 9.13 Å². The molecule has 0 unspecified atom stereocenters. The third-order valence-electron chi connectivity index (χ3n) is 2.72. The highest BCUT2D eigenvalue weighted by atomic mass is 31.2. The molecule has 2 aromatic rings. The van der Waals surface area contributed by atoms with Gasteiger partial charge in [0, 0.05) is 0 Å². The van der Waals surface area contributed by atoms with Crippen LogP contribution in [0.3, 0.4) is 0 Å². The van der Waals surface area contributed by atoms with E-state index in [1.54, 1.807) is 0 Å². The lowest BCUT2D eigenvalue weighted by Crippen LogP contribution is -2.25. The molecule has 142 valence electrons. The summed E-state index contributed by atoms with van der Waals surface area (Å²) >= 11 is 0. The van der Waals surface area contributed by atoms with Crippen molar-refractivity contribution in [2.24, 2.45) is 0 Å². The molecule has 1 heterocycles. The second-order valence-corrected chi connectivity index (χ2v) is 7.21. The van der Waals surface area contributed by atoms with Gasteiger partial charge in [-0.3, -0.25) is 0 Å². The van der Waals surface area contributed by atoms with Gasteiger partial charge in [0.25, 0.3) is 6.41 Å². The van der Waals surface area contributed by atoms with Crippen LogP contribution in [-0.2, 0) is 24.8 Å². The number of rotatable bonds is 9. The highest BCUT2D eigenvalue weighted by Crippen LogP contribution is 2.44. The predicted octanol–water partition coefficient (Wildman–Crippen LogP) is 1.57. The Morgan fingerprint density at radius 2 is 1.58 bits per heavy atom. The number of ether oxygens (including phenoxy) is 1. The summed E-state index contributed by atoms with van der Waals surface area (Å²) in [5.41, 5.74) is 0.944. The van der Waals surface area contributed by atoms with Crippen LogP contribution in [-0.4, -0.2) is 31.0 Å². The molecule has 2 rings (SSSR count). The van der Waals surface area contributed by atoms with Crippen molar-refractivity contribution in [1.82, 2.24) is 4.98 Å². The summed E-state index contributed by atoms with van der Waals surface area (Å²) in [5, 5.41) is 2.20. The molecule has 1 aromatic heterocycles. The highest BCUT2D eigenvalue weighted by Gasteiger charge is 2.29. The Hall–Kier alpha value is -1.81. The summed E-state index contributed by atoms with van der Waals surface area (Å²) < 4.78 is 35.5. The Morgan fingerprint density at radius 1 is 0.962 bits per heavy atom.